The second kappa shape index (κ2) is 8.63. The first-order valence-electron chi connectivity index (χ1n) is 9.49. The number of likely N-dealkylation sites (N-methyl/N-ethyl adjacent to an activating group) is 1. The number of nitrogens with one attached hydrogen (secondary N) is 1. The van der Waals surface area contributed by atoms with Crippen LogP contribution in [-0.4, -0.2) is 72.2 Å². The molecule has 1 fully saturated rings. The van der Waals surface area contributed by atoms with Gasteiger partial charge in [0.1, 0.15) is 0 Å². The van der Waals surface area contributed by atoms with Crippen LogP contribution in [0.15, 0.2) is 18.2 Å². The smallest absolute Gasteiger partial charge is 0.321 e. The van der Waals surface area contributed by atoms with Gasteiger partial charge in [0, 0.05) is 31.9 Å². The van der Waals surface area contributed by atoms with Crippen molar-refractivity contribution in [1.29, 1.82) is 0 Å². The molecule has 27 heavy (non-hydrogen) atoms. The molecule has 2 amide bonds. The van der Waals surface area contributed by atoms with E-state index in [0.717, 1.165) is 54.1 Å². The molecule has 0 spiro atoms. The normalized spacial score (nSPS) is 16.9. The molecule has 2 aromatic rings. The zero-order valence-electron chi connectivity index (χ0n) is 16.7. The highest BCUT2D eigenvalue weighted by atomic mass is 16.5. The van der Waals surface area contributed by atoms with E-state index in [2.05, 4.69) is 20.2 Å². The summed E-state index contributed by atoms with van der Waals surface area (Å²) in [5, 5.41) is 3.01. The van der Waals surface area contributed by atoms with Crippen molar-refractivity contribution in [2.75, 3.05) is 45.7 Å². The highest BCUT2D eigenvalue weighted by Gasteiger charge is 2.22. The second-order valence-electron chi connectivity index (χ2n) is 7.41. The fourth-order valence-corrected chi connectivity index (χ4v) is 3.14. The molecule has 0 radical (unpaired) electrons. The SMILES string of the molecule is Cc1nc2ccc(NC(=O)N(CCN(C)C)C[C@@H]3CCCO3)cc2nc1C. The third-order valence-corrected chi connectivity index (χ3v) is 4.88. The van der Waals surface area contributed by atoms with Crippen LogP contribution in [0.1, 0.15) is 24.2 Å². The fourth-order valence-electron chi connectivity index (χ4n) is 3.14. The van der Waals surface area contributed by atoms with Gasteiger partial charge >= 0.3 is 6.03 Å². The van der Waals surface area contributed by atoms with Gasteiger partial charge in [0.05, 0.1) is 28.5 Å². The van der Waals surface area contributed by atoms with Gasteiger partial charge in [0.15, 0.2) is 0 Å². The average Bonchev–Trinajstić information content (AvgIpc) is 3.12. The van der Waals surface area contributed by atoms with Crippen molar-refractivity contribution in [1.82, 2.24) is 19.8 Å². The first-order chi connectivity index (χ1) is 12.9. The number of anilines is 1. The number of amides is 2. The number of rotatable bonds is 6. The van der Waals surface area contributed by atoms with Crippen molar-refractivity contribution in [3.05, 3.63) is 29.6 Å². The Morgan fingerprint density at radius 3 is 2.59 bits per heavy atom. The number of hydrogen-bond acceptors (Lipinski definition) is 5. The Morgan fingerprint density at radius 1 is 1.19 bits per heavy atom. The van der Waals surface area contributed by atoms with Crippen molar-refractivity contribution in [2.24, 2.45) is 0 Å². The zero-order chi connectivity index (χ0) is 19.4. The Kier molecular flexibility index (Phi) is 6.23. The summed E-state index contributed by atoms with van der Waals surface area (Å²) in [5.74, 6) is 0. The van der Waals surface area contributed by atoms with Gasteiger partial charge in [-0.25, -0.2) is 14.8 Å². The second-order valence-corrected chi connectivity index (χ2v) is 7.41. The van der Waals surface area contributed by atoms with E-state index in [0.29, 0.717) is 13.1 Å². The van der Waals surface area contributed by atoms with Crippen LogP contribution in [-0.2, 0) is 4.74 Å². The predicted octanol–water partition coefficient (Wildman–Crippen LogP) is 2.82. The molecule has 3 rings (SSSR count). The fraction of sp³-hybridized carbons (Fsp3) is 0.550. The molecule has 1 aromatic carbocycles. The lowest BCUT2D eigenvalue weighted by atomic mass is 10.2. The number of benzene rings is 1. The molecule has 146 valence electrons. The summed E-state index contributed by atoms with van der Waals surface area (Å²) in [4.78, 5) is 25.9. The summed E-state index contributed by atoms with van der Waals surface area (Å²) in [6.07, 6.45) is 2.21. The largest absolute Gasteiger partial charge is 0.376 e. The molecule has 1 aromatic heterocycles. The maximum absolute atomic E-state index is 12.9. The van der Waals surface area contributed by atoms with Crippen molar-refractivity contribution < 1.29 is 9.53 Å². The molecular formula is C20H29N5O2. The summed E-state index contributed by atoms with van der Waals surface area (Å²) >= 11 is 0. The monoisotopic (exact) mass is 371 g/mol. The quantitative estimate of drug-likeness (QED) is 0.845. The standard InChI is InChI=1S/C20H29N5O2/c1-14-15(2)22-19-12-16(7-8-18(19)21-14)23-20(26)25(10-9-24(3)4)13-17-6-5-11-27-17/h7-8,12,17H,5-6,9-11,13H2,1-4H3,(H,23,26)/t17-/m0/s1. The van der Waals surface area contributed by atoms with Crippen molar-refractivity contribution in [3.8, 4) is 0 Å². The van der Waals surface area contributed by atoms with Gasteiger partial charge in [-0.05, 0) is 59.0 Å². The van der Waals surface area contributed by atoms with Crippen molar-refractivity contribution >= 4 is 22.8 Å². The van der Waals surface area contributed by atoms with Crippen LogP contribution in [0.3, 0.4) is 0 Å². The zero-order valence-corrected chi connectivity index (χ0v) is 16.7. The number of ether oxygens (including phenoxy) is 1. The van der Waals surface area contributed by atoms with Gasteiger partial charge in [-0.15, -0.1) is 0 Å². The third-order valence-electron chi connectivity index (χ3n) is 4.88. The molecular weight excluding hydrogens is 342 g/mol. The van der Waals surface area contributed by atoms with E-state index in [-0.39, 0.29) is 12.1 Å². The number of hydrogen-bond donors (Lipinski definition) is 1. The Hall–Kier alpha value is -2.25. The third kappa shape index (κ3) is 5.14. The van der Waals surface area contributed by atoms with Gasteiger partial charge in [0.2, 0.25) is 0 Å². The van der Waals surface area contributed by atoms with E-state index in [4.69, 9.17) is 4.74 Å². The Bertz CT molecular complexity index is 802. The molecule has 1 N–H and O–H groups in total. The molecule has 0 unspecified atom stereocenters. The number of aryl methyl sites for hydroxylation is 2. The van der Waals surface area contributed by atoms with Gasteiger partial charge in [-0.1, -0.05) is 0 Å². The molecule has 1 saturated heterocycles. The van der Waals surface area contributed by atoms with Gasteiger partial charge in [0.25, 0.3) is 0 Å². The van der Waals surface area contributed by atoms with E-state index in [1.54, 1.807) is 0 Å². The molecule has 1 aliphatic rings. The minimum atomic E-state index is -0.108. The van der Waals surface area contributed by atoms with E-state index in [9.17, 15) is 4.79 Å². The van der Waals surface area contributed by atoms with Crippen molar-refractivity contribution in [3.63, 3.8) is 0 Å². The van der Waals surface area contributed by atoms with Gasteiger partial charge < -0.3 is 19.9 Å². The van der Waals surface area contributed by atoms with Crippen LogP contribution in [0, 0.1) is 13.8 Å². The van der Waals surface area contributed by atoms with Crippen LogP contribution in [0.25, 0.3) is 11.0 Å². The maximum Gasteiger partial charge on any atom is 0.321 e. The first kappa shape index (κ1) is 19.5. The highest BCUT2D eigenvalue weighted by molar-refractivity contribution is 5.92. The molecule has 1 atom stereocenters. The van der Waals surface area contributed by atoms with Gasteiger partial charge in [-0.2, -0.15) is 0 Å². The molecule has 1 aliphatic heterocycles. The Labute approximate surface area is 160 Å². The summed E-state index contributed by atoms with van der Waals surface area (Å²) in [6.45, 7) is 6.76. The minimum absolute atomic E-state index is 0.108. The lowest BCUT2D eigenvalue weighted by Gasteiger charge is -2.27. The summed E-state index contributed by atoms with van der Waals surface area (Å²) < 4.78 is 5.72. The van der Waals surface area contributed by atoms with Crippen LogP contribution in [0.2, 0.25) is 0 Å². The number of aromatic nitrogens is 2. The Morgan fingerprint density at radius 2 is 1.93 bits per heavy atom. The summed E-state index contributed by atoms with van der Waals surface area (Å²) in [5.41, 5.74) is 4.17. The molecule has 0 bridgehead atoms. The summed E-state index contributed by atoms with van der Waals surface area (Å²) in [7, 11) is 4.02. The number of fused-ring (bicyclic) bond motifs is 1. The van der Waals surface area contributed by atoms with Crippen LogP contribution in [0.5, 0.6) is 0 Å². The van der Waals surface area contributed by atoms with Crippen LogP contribution in [0.4, 0.5) is 10.5 Å². The number of carbonyl (C=O) groups excluding carboxylic acids is 1. The topological polar surface area (TPSA) is 70.6 Å². The average molecular weight is 371 g/mol. The van der Waals surface area contributed by atoms with Gasteiger partial charge in [-0.3, -0.25) is 0 Å². The van der Waals surface area contributed by atoms with Crippen LogP contribution < -0.4 is 5.32 Å². The van der Waals surface area contributed by atoms with Crippen LogP contribution >= 0.6 is 0 Å². The minimum Gasteiger partial charge on any atom is -0.376 e. The lowest BCUT2D eigenvalue weighted by molar-refractivity contribution is 0.0820. The van der Waals surface area contributed by atoms with E-state index < -0.39 is 0 Å². The highest BCUT2D eigenvalue weighted by Crippen LogP contribution is 2.19. The van der Waals surface area contributed by atoms with E-state index >= 15 is 0 Å². The molecule has 7 nitrogen and oxygen atoms in total. The summed E-state index contributed by atoms with van der Waals surface area (Å²) in [6, 6.07) is 5.54. The van der Waals surface area contributed by atoms with Crippen molar-refractivity contribution in [2.45, 2.75) is 32.8 Å². The molecule has 0 aliphatic carbocycles. The number of carbonyl (C=O) groups is 1. The number of urea groups is 1. The molecule has 2 heterocycles. The first-order valence-corrected chi connectivity index (χ1v) is 9.49. The predicted molar refractivity (Wildman–Crippen MR) is 107 cm³/mol. The lowest BCUT2D eigenvalue weighted by Crippen LogP contribution is -2.43. The molecule has 0 saturated carbocycles. The molecule has 7 heteroatoms. The Balaban J connectivity index is 1.72. The van der Waals surface area contributed by atoms with E-state index in [1.807, 2.05) is 51.0 Å². The van der Waals surface area contributed by atoms with E-state index in [1.165, 1.54) is 0 Å². The maximum atomic E-state index is 12.9. The number of nitrogens with zero attached hydrogens (tertiary/aromatic N) is 4.